The van der Waals surface area contributed by atoms with Gasteiger partial charge in [0, 0.05) is 26.8 Å². The topological polar surface area (TPSA) is 109 Å². The van der Waals surface area contributed by atoms with Gasteiger partial charge >= 0.3 is 4.87 Å². The lowest BCUT2D eigenvalue weighted by Gasteiger charge is -2.43. The monoisotopic (exact) mass is 693 g/mol. The summed E-state index contributed by atoms with van der Waals surface area (Å²) < 4.78 is 5.86. The van der Waals surface area contributed by atoms with Crippen molar-refractivity contribution in [2.75, 3.05) is 16.8 Å². The highest BCUT2D eigenvalue weighted by Gasteiger charge is 2.69. The summed E-state index contributed by atoms with van der Waals surface area (Å²) in [5.74, 6) is -0.706. The zero-order valence-electron chi connectivity index (χ0n) is 25.3. The number of thiazole rings is 1. The van der Waals surface area contributed by atoms with Crippen molar-refractivity contribution < 1.29 is 19.1 Å². The van der Waals surface area contributed by atoms with Crippen LogP contribution < -0.4 is 19.8 Å². The van der Waals surface area contributed by atoms with Crippen molar-refractivity contribution in [2.24, 2.45) is 29.6 Å². The van der Waals surface area contributed by atoms with Gasteiger partial charge in [-0.15, -0.1) is 11.8 Å². The second-order valence-corrected chi connectivity index (χ2v) is 15.6. The molecule has 5 aromatic rings. The van der Waals surface area contributed by atoms with E-state index in [1.54, 1.807) is 36.0 Å². The summed E-state index contributed by atoms with van der Waals surface area (Å²) in [6, 6.07) is 28.3. The first-order valence-electron chi connectivity index (χ1n) is 15.9. The number of ether oxygens (including phenoxy) is 1. The summed E-state index contributed by atoms with van der Waals surface area (Å²) >= 11 is 8.98. The Morgan fingerprint density at radius 1 is 0.896 bits per heavy atom. The average molecular weight is 694 g/mol. The number of anilines is 2. The van der Waals surface area contributed by atoms with Crippen molar-refractivity contribution >= 4 is 74.6 Å². The number of imide groups is 1. The van der Waals surface area contributed by atoms with Crippen LogP contribution in [0, 0.1) is 29.6 Å². The zero-order chi connectivity index (χ0) is 32.7. The third kappa shape index (κ3) is 4.72. The van der Waals surface area contributed by atoms with E-state index in [1.807, 2.05) is 66.7 Å². The number of hydrogen-bond donors (Lipinski definition) is 2. The average Bonchev–Trinajstić information content (AvgIpc) is 3.83. The lowest BCUT2D eigenvalue weighted by atomic mass is 9.68. The van der Waals surface area contributed by atoms with Gasteiger partial charge in [0.05, 0.1) is 22.5 Å². The van der Waals surface area contributed by atoms with E-state index in [2.05, 4.69) is 10.3 Å². The number of H-pyrrole nitrogens is 1. The molecule has 9 rings (SSSR count). The molecule has 3 amide bonds. The Hall–Kier alpha value is -4.38. The number of aromatic nitrogens is 1. The minimum Gasteiger partial charge on any atom is -0.484 e. The number of amides is 3. The fourth-order valence-corrected chi connectivity index (χ4v) is 11.6. The van der Waals surface area contributed by atoms with Crippen LogP contribution in [0.1, 0.15) is 22.8 Å². The summed E-state index contributed by atoms with van der Waals surface area (Å²) in [6.07, 6.45) is 0.812. The third-order valence-electron chi connectivity index (χ3n) is 10.5. The van der Waals surface area contributed by atoms with Gasteiger partial charge in [0.1, 0.15) is 5.75 Å². The highest BCUT2D eigenvalue weighted by Crippen LogP contribution is 2.68. The molecule has 2 bridgehead atoms. The first-order chi connectivity index (χ1) is 23.3. The number of hydrogen-bond acceptors (Lipinski definition) is 7. The number of nitrogens with zero attached hydrogens (tertiary/aromatic N) is 1. The van der Waals surface area contributed by atoms with Gasteiger partial charge in [0.25, 0.3) is 5.91 Å². The molecule has 4 aliphatic rings. The van der Waals surface area contributed by atoms with E-state index in [0.29, 0.717) is 22.1 Å². The smallest absolute Gasteiger partial charge is 0.305 e. The highest BCUT2D eigenvalue weighted by molar-refractivity contribution is 8.00. The number of carbonyl (C=O) groups excluding carboxylic acids is 3. The molecule has 3 heterocycles. The van der Waals surface area contributed by atoms with Gasteiger partial charge < -0.3 is 15.0 Å². The van der Waals surface area contributed by atoms with Crippen LogP contribution in [0.25, 0.3) is 10.8 Å². The minimum atomic E-state index is -0.386. The van der Waals surface area contributed by atoms with Crippen LogP contribution in [0.5, 0.6) is 5.75 Å². The fraction of sp³-hybridized carbons (Fsp3) is 0.243. The van der Waals surface area contributed by atoms with E-state index in [0.717, 1.165) is 32.7 Å². The molecule has 2 aliphatic carbocycles. The first kappa shape index (κ1) is 29.7. The van der Waals surface area contributed by atoms with Crippen molar-refractivity contribution in [2.45, 2.75) is 22.6 Å². The Morgan fingerprint density at radius 2 is 1.62 bits per heavy atom. The summed E-state index contributed by atoms with van der Waals surface area (Å²) in [6.45, 7) is -0.145. The van der Waals surface area contributed by atoms with E-state index in [-0.39, 0.29) is 70.0 Å². The summed E-state index contributed by atoms with van der Waals surface area (Å²) in [4.78, 5) is 58.4. The number of fused-ring (bicyclic) bond motifs is 10. The molecule has 1 aromatic heterocycles. The van der Waals surface area contributed by atoms with Crippen LogP contribution in [0.2, 0.25) is 5.02 Å². The van der Waals surface area contributed by atoms with Crippen LogP contribution >= 0.6 is 34.7 Å². The van der Waals surface area contributed by atoms with Gasteiger partial charge in [-0.2, -0.15) is 0 Å². The first-order valence-corrected chi connectivity index (χ1v) is 18.0. The predicted octanol–water partition coefficient (Wildman–Crippen LogP) is 6.94. The summed E-state index contributed by atoms with van der Waals surface area (Å²) in [5, 5.41) is 6.54. The number of nitrogens with one attached hydrogen (secondary N) is 2. The number of benzene rings is 4. The lowest BCUT2D eigenvalue weighted by molar-refractivity contribution is -0.123. The molecule has 2 N–H and O–H groups in total. The van der Waals surface area contributed by atoms with Crippen LogP contribution in [-0.2, 0) is 14.4 Å². The summed E-state index contributed by atoms with van der Waals surface area (Å²) in [5.41, 5.74) is 2.28. The Bertz CT molecular complexity index is 2180. The third-order valence-corrected chi connectivity index (χ3v) is 13.3. The molecule has 7 atom stereocenters. The largest absolute Gasteiger partial charge is 0.484 e. The zero-order valence-corrected chi connectivity index (χ0v) is 27.7. The van der Waals surface area contributed by atoms with Gasteiger partial charge in [-0.05, 0) is 89.0 Å². The molecule has 1 saturated heterocycles. The Labute approximate surface area is 288 Å². The van der Waals surface area contributed by atoms with Crippen LogP contribution in [0.15, 0.2) is 101 Å². The molecule has 0 spiro atoms. The van der Waals surface area contributed by atoms with E-state index in [1.165, 1.54) is 16.2 Å². The number of aromatic amines is 1. The molecule has 11 heteroatoms. The fourth-order valence-electron chi connectivity index (χ4n) is 8.62. The van der Waals surface area contributed by atoms with Gasteiger partial charge in [-0.25, -0.2) is 0 Å². The summed E-state index contributed by atoms with van der Waals surface area (Å²) in [7, 11) is 0. The number of rotatable bonds is 6. The van der Waals surface area contributed by atoms with E-state index in [4.69, 9.17) is 16.3 Å². The molecule has 2 aliphatic heterocycles. The molecule has 3 fully saturated rings. The molecule has 4 unspecified atom stereocenters. The van der Waals surface area contributed by atoms with Crippen molar-refractivity contribution in [3.05, 3.63) is 116 Å². The van der Waals surface area contributed by atoms with Gasteiger partial charge in [-0.3, -0.25) is 24.1 Å². The van der Waals surface area contributed by atoms with E-state index < -0.39 is 0 Å². The Kier molecular flexibility index (Phi) is 7.04. The molecule has 0 radical (unpaired) electrons. The second kappa shape index (κ2) is 11.4. The molecular formula is C37H28ClN3O5S2. The highest BCUT2D eigenvalue weighted by atomic mass is 35.5. The van der Waals surface area contributed by atoms with Gasteiger partial charge in [0.15, 0.2) is 6.61 Å². The van der Waals surface area contributed by atoms with Crippen LogP contribution in [0.3, 0.4) is 0 Å². The molecule has 4 aromatic carbocycles. The van der Waals surface area contributed by atoms with Crippen LogP contribution in [0.4, 0.5) is 11.4 Å². The number of halogens is 1. The van der Waals surface area contributed by atoms with E-state index in [9.17, 15) is 19.2 Å². The Balaban J connectivity index is 0.955. The van der Waals surface area contributed by atoms with Crippen molar-refractivity contribution in [1.29, 1.82) is 0 Å². The van der Waals surface area contributed by atoms with Gasteiger partial charge in [0.2, 0.25) is 11.8 Å². The Morgan fingerprint density at radius 3 is 2.40 bits per heavy atom. The number of thioether (sulfide) groups is 1. The molecule has 240 valence electrons. The van der Waals surface area contributed by atoms with Crippen LogP contribution in [-0.4, -0.2) is 34.6 Å². The van der Waals surface area contributed by atoms with Crippen molar-refractivity contribution in [3.63, 3.8) is 0 Å². The standard InChI is InChI=1S/C37H28ClN3O5S2/c38-21-8-11-23(12-9-21)41-35(43)30-25-16-26(31(30)36(41)44)32-29(25)28(33-34(47-32)40-37(45)48-33)19-6-13-24(14-7-19)46-17-27(42)39-22-10-5-18-3-1-2-4-20(18)15-22/h1-15,25-26,28-32H,16-17H2,(H,39,42)(H,40,45)/t25-,26-,28-,29?,30?,31?,32?/m1/s1. The number of carbonyl (C=O) groups is 3. The SMILES string of the molecule is O=C(COc1ccc([C@H]2c3sc(=O)[nH]c3SC3C2[C@H]2C[C@@H]3C3C(=O)N(c4ccc(Cl)cc4)C(=O)C32)cc1)Nc1ccc2ccccc2c1. The molecule has 2 saturated carbocycles. The van der Waals surface area contributed by atoms with Crippen molar-refractivity contribution in [3.8, 4) is 5.75 Å². The second-order valence-electron chi connectivity index (χ2n) is 12.9. The lowest BCUT2D eigenvalue weighted by Crippen LogP contribution is -2.42. The maximum absolute atomic E-state index is 13.9. The maximum atomic E-state index is 13.9. The quantitative estimate of drug-likeness (QED) is 0.187. The maximum Gasteiger partial charge on any atom is 0.305 e. The van der Waals surface area contributed by atoms with E-state index >= 15 is 0 Å². The predicted molar refractivity (Wildman–Crippen MR) is 187 cm³/mol. The minimum absolute atomic E-state index is 0.0105. The molecule has 8 nitrogen and oxygen atoms in total. The molecule has 48 heavy (non-hydrogen) atoms. The van der Waals surface area contributed by atoms with Gasteiger partial charge in [-0.1, -0.05) is 65.4 Å². The van der Waals surface area contributed by atoms with Crippen molar-refractivity contribution in [1.82, 2.24) is 4.98 Å². The molecular weight excluding hydrogens is 666 g/mol. The normalized spacial score (nSPS) is 26.8.